The minimum atomic E-state index is -4.79. The fourth-order valence-electron chi connectivity index (χ4n) is 3.60. The van der Waals surface area contributed by atoms with Crippen LogP contribution in [0.25, 0.3) is 21.5 Å². The molecule has 3 N–H and O–H groups in total. The molecule has 0 bridgehead atoms. The molecule has 0 aliphatic carbocycles. The number of halogens is 5. The van der Waals surface area contributed by atoms with Crippen molar-refractivity contribution in [2.24, 2.45) is 5.73 Å². The van der Waals surface area contributed by atoms with Crippen molar-refractivity contribution >= 4 is 50.7 Å². The van der Waals surface area contributed by atoms with Crippen LogP contribution in [-0.2, 0) is 12.9 Å². The second-order valence-corrected chi connectivity index (χ2v) is 9.33. The molecule has 0 unspecified atom stereocenters. The molecule has 0 saturated heterocycles. The summed E-state index contributed by atoms with van der Waals surface area (Å²) in [5.74, 6) is -2.07. The maximum absolute atomic E-state index is 13.6. The highest BCUT2D eigenvalue weighted by Gasteiger charge is 2.35. The summed E-state index contributed by atoms with van der Waals surface area (Å²) in [6.45, 7) is -0.157. The third kappa shape index (κ3) is 5.28. The van der Waals surface area contributed by atoms with E-state index in [4.69, 9.17) is 26.5 Å². The number of anilines is 1. The number of nitrogens with one attached hydrogen (secondary N) is 1. The van der Waals surface area contributed by atoms with Crippen LogP contribution in [0, 0.1) is 5.82 Å². The second-order valence-electron chi connectivity index (χ2n) is 7.92. The third-order valence-electron chi connectivity index (χ3n) is 5.33. The van der Waals surface area contributed by atoms with Gasteiger partial charge in [0.1, 0.15) is 32.7 Å². The van der Waals surface area contributed by atoms with Crippen LogP contribution < -0.4 is 15.8 Å². The van der Waals surface area contributed by atoms with Gasteiger partial charge in [0.15, 0.2) is 12.4 Å². The summed E-state index contributed by atoms with van der Waals surface area (Å²) < 4.78 is 66.0. The largest absolute Gasteiger partial charge is 0.471 e. The number of primary amides is 1. The van der Waals surface area contributed by atoms with Crippen molar-refractivity contribution in [3.63, 3.8) is 0 Å². The summed E-state index contributed by atoms with van der Waals surface area (Å²) in [5, 5.41) is 6.53. The van der Waals surface area contributed by atoms with Gasteiger partial charge in [-0.25, -0.2) is 14.1 Å². The molecule has 0 fully saturated rings. The Balaban J connectivity index is 1.48. The van der Waals surface area contributed by atoms with Crippen LogP contribution in [0.3, 0.4) is 0 Å². The number of carbonyl (C=O) groups excluding carboxylic acids is 2. The lowest BCUT2D eigenvalue weighted by molar-refractivity contribution is -0.140. The molecule has 4 heterocycles. The number of benzene rings is 1. The molecule has 9 nitrogen and oxygen atoms in total. The van der Waals surface area contributed by atoms with Crippen molar-refractivity contribution in [3.05, 3.63) is 82.0 Å². The summed E-state index contributed by atoms with van der Waals surface area (Å²) in [5.41, 5.74) is 3.98. The third-order valence-corrected chi connectivity index (χ3v) is 6.72. The Bertz CT molecular complexity index is 1720. The van der Waals surface area contributed by atoms with Gasteiger partial charge in [-0.3, -0.25) is 9.59 Å². The average molecular weight is 580 g/mol. The molecule has 0 atom stereocenters. The van der Waals surface area contributed by atoms with Crippen molar-refractivity contribution in [2.45, 2.75) is 12.9 Å². The normalized spacial score (nSPS) is 11.6. The van der Waals surface area contributed by atoms with Crippen molar-refractivity contribution in [3.8, 4) is 17.1 Å². The van der Waals surface area contributed by atoms with E-state index >= 15 is 0 Å². The van der Waals surface area contributed by atoms with Gasteiger partial charge in [-0.2, -0.15) is 18.3 Å². The van der Waals surface area contributed by atoms with Crippen molar-refractivity contribution < 1.29 is 36.3 Å². The van der Waals surface area contributed by atoms with Gasteiger partial charge in [0, 0.05) is 23.2 Å². The maximum Gasteiger partial charge on any atom is 0.433 e. The van der Waals surface area contributed by atoms with E-state index in [-0.39, 0.29) is 55.3 Å². The van der Waals surface area contributed by atoms with E-state index in [1.807, 2.05) is 0 Å². The summed E-state index contributed by atoms with van der Waals surface area (Å²) in [6.07, 6.45) is -2.10. The summed E-state index contributed by atoms with van der Waals surface area (Å²) in [6, 6.07) is 8.78. The van der Waals surface area contributed by atoms with Gasteiger partial charge in [-0.1, -0.05) is 11.6 Å². The molecular weight excluding hydrogens is 566 g/mol. The van der Waals surface area contributed by atoms with Crippen LogP contribution >= 0.6 is 22.9 Å². The van der Waals surface area contributed by atoms with Crippen LogP contribution in [-0.4, -0.2) is 26.6 Å². The molecule has 15 heteroatoms. The minimum absolute atomic E-state index is 0.0426. The molecule has 5 aromatic rings. The van der Waals surface area contributed by atoms with Gasteiger partial charge in [0.25, 0.3) is 11.8 Å². The number of ether oxygens (including phenoxy) is 1. The molecule has 0 aliphatic rings. The van der Waals surface area contributed by atoms with Gasteiger partial charge in [0.05, 0.1) is 17.0 Å². The number of carbonyl (C=O) groups is 2. The van der Waals surface area contributed by atoms with E-state index in [9.17, 15) is 27.2 Å². The van der Waals surface area contributed by atoms with Gasteiger partial charge in [-0.15, -0.1) is 11.3 Å². The van der Waals surface area contributed by atoms with Crippen LogP contribution in [0.5, 0.6) is 5.75 Å². The molecule has 0 saturated carbocycles. The zero-order chi connectivity index (χ0) is 27.9. The van der Waals surface area contributed by atoms with Crippen molar-refractivity contribution in [1.29, 1.82) is 0 Å². The smallest absolute Gasteiger partial charge is 0.433 e. The zero-order valence-corrected chi connectivity index (χ0v) is 20.8. The molecule has 4 aromatic heterocycles. The van der Waals surface area contributed by atoms with E-state index in [2.05, 4.69) is 15.4 Å². The molecule has 2 amide bonds. The van der Waals surface area contributed by atoms with E-state index in [0.29, 0.717) is 11.3 Å². The molecule has 200 valence electrons. The predicted octanol–water partition coefficient (Wildman–Crippen LogP) is 5.95. The Morgan fingerprint density at radius 2 is 2.00 bits per heavy atom. The number of nitrogens with zero attached hydrogens (tertiary/aromatic N) is 3. The summed E-state index contributed by atoms with van der Waals surface area (Å²) in [4.78, 5) is 28.5. The topological polar surface area (TPSA) is 125 Å². The van der Waals surface area contributed by atoms with E-state index in [1.165, 1.54) is 47.5 Å². The number of nitrogens with two attached hydrogens (primary N) is 1. The number of aromatic nitrogens is 3. The molecule has 0 spiro atoms. The fraction of sp³-hybridized carbons (Fsp3) is 0.0833. The second kappa shape index (κ2) is 10.0. The quantitative estimate of drug-likeness (QED) is 0.229. The average Bonchev–Trinajstić information content (AvgIpc) is 3.64. The number of alkyl halides is 3. The lowest BCUT2D eigenvalue weighted by atomic mass is 10.1. The number of rotatable bonds is 7. The van der Waals surface area contributed by atoms with Gasteiger partial charge >= 0.3 is 6.18 Å². The molecule has 5 rings (SSSR count). The first kappa shape index (κ1) is 26.2. The van der Waals surface area contributed by atoms with E-state index in [1.54, 1.807) is 0 Å². The Kier molecular flexibility index (Phi) is 6.74. The first-order chi connectivity index (χ1) is 18.5. The number of hydrogen-bond acceptors (Lipinski definition) is 7. The van der Waals surface area contributed by atoms with Gasteiger partial charge in [0.2, 0.25) is 0 Å². The zero-order valence-electron chi connectivity index (χ0n) is 19.3. The first-order valence-corrected chi connectivity index (χ1v) is 12.0. The van der Waals surface area contributed by atoms with E-state index in [0.717, 1.165) is 12.1 Å². The Morgan fingerprint density at radius 1 is 1.21 bits per heavy atom. The number of thiophene rings is 1. The lowest BCUT2D eigenvalue weighted by Gasteiger charge is -2.10. The predicted molar refractivity (Wildman–Crippen MR) is 133 cm³/mol. The number of fused-ring (bicyclic) bond motifs is 1. The summed E-state index contributed by atoms with van der Waals surface area (Å²) in [7, 11) is 0. The van der Waals surface area contributed by atoms with Crippen LogP contribution in [0.2, 0.25) is 5.02 Å². The van der Waals surface area contributed by atoms with E-state index < -0.39 is 29.5 Å². The van der Waals surface area contributed by atoms with Crippen LogP contribution in [0.1, 0.15) is 25.9 Å². The number of pyridine rings is 1. The Hall–Kier alpha value is -4.43. The highest BCUT2D eigenvalue weighted by Crippen LogP contribution is 2.43. The van der Waals surface area contributed by atoms with Crippen molar-refractivity contribution in [1.82, 2.24) is 14.8 Å². The fourth-order valence-corrected chi connectivity index (χ4v) is 4.78. The highest BCUT2D eigenvalue weighted by molar-refractivity contribution is 7.21. The molecular formula is C24H14ClF4N5O4S. The minimum Gasteiger partial charge on any atom is -0.471 e. The Morgan fingerprint density at radius 3 is 2.67 bits per heavy atom. The van der Waals surface area contributed by atoms with Crippen molar-refractivity contribution in [2.75, 3.05) is 5.32 Å². The molecule has 0 radical (unpaired) electrons. The lowest BCUT2D eigenvalue weighted by Crippen LogP contribution is -2.18. The van der Waals surface area contributed by atoms with Gasteiger partial charge in [-0.05, 0) is 36.4 Å². The maximum atomic E-state index is 13.6. The SMILES string of the molecule is NC(=O)c1sc2nc(C(F)(F)F)cc(-c3ccco3)c2c1NC(=O)c1ccn(COc2ccc(F)c(Cl)c2)n1. The highest BCUT2D eigenvalue weighted by atomic mass is 35.5. The monoisotopic (exact) mass is 579 g/mol. The number of hydrogen-bond donors (Lipinski definition) is 2. The number of furan rings is 1. The summed E-state index contributed by atoms with van der Waals surface area (Å²) >= 11 is 6.33. The Labute approximate surface area is 224 Å². The standard InChI is InChI=1S/C24H14ClF4N5O4S/c25-13-8-11(3-4-14(13)26)38-10-34-6-5-15(33-34)22(36)32-19-18-12(16-2-1-7-37-16)9-17(24(27,28)29)31-23(18)39-20(19)21(30)35/h1-9H,10H2,(H2,30,35)(H,32,36). The number of amides is 2. The molecule has 1 aromatic carbocycles. The van der Waals surface area contributed by atoms with Crippen LogP contribution in [0.4, 0.5) is 23.2 Å². The van der Waals surface area contributed by atoms with Crippen LogP contribution in [0.15, 0.2) is 59.3 Å². The molecule has 0 aliphatic heterocycles. The molecule has 39 heavy (non-hydrogen) atoms. The van der Waals surface area contributed by atoms with Gasteiger partial charge < -0.3 is 20.2 Å². The first-order valence-electron chi connectivity index (χ1n) is 10.8.